The van der Waals surface area contributed by atoms with E-state index in [9.17, 15) is 4.21 Å². The van der Waals surface area contributed by atoms with Gasteiger partial charge >= 0.3 is 0 Å². The number of hydrogen-bond acceptors (Lipinski definition) is 6. The molecule has 1 heterocycles. The highest BCUT2D eigenvalue weighted by molar-refractivity contribution is 7.84. The zero-order valence-corrected chi connectivity index (χ0v) is 12.1. The molecule has 18 heavy (non-hydrogen) atoms. The first-order valence-electron chi connectivity index (χ1n) is 5.88. The third-order valence-electron chi connectivity index (χ3n) is 2.51. The van der Waals surface area contributed by atoms with Crippen molar-refractivity contribution < 1.29 is 4.21 Å². The lowest BCUT2D eigenvalue weighted by Gasteiger charge is -2.17. The Hall–Kier alpha value is -1.21. The number of hydrazine groups is 1. The molecule has 102 valence electrons. The van der Waals surface area contributed by atoms with Crippen LogP contribution in [0.15, 0.2) is 0 Å². The summed E-state index contributed by atoms with van der Waals surface area (Å²) in [5.41, 5.74) is 3.44. The van der Waals surface area contributed by atoms with Crippen molar-refractivity contribution in [2.75, 3.05) is 22.8 Å². The maximum absolute atomic E-state index is 11.2. The summed E-state index contributed by atoms with van der Waals surface area (Å²) in [6.07, 6.45) is 2.42. The summed E-state index contributed by atoms with van der Waals surface area (Å²) in [5.74, 6) is 8.10. The quantitative estimate of drug-likeness (QED) is 0.524. The number of nitrogen functional groups attached to an aromatic ring is 1. The summed E-state index contributed by atoms with van der Waals surface area (Å²) in [7, 11) is -0.836. The van der Waals surface area contributed by atoms with Gasteiger partial charge in [0.15, 0.2) is 0 Å². The fourth-order valence-corrected chi connectivity index (χ4v) is 2.42. The second-order valence-corrected chi connectivity index (χ2v) is 5.72. The second-order valence-electron chi connectivity index (χ2n) is 4.25. The average molecular weight is 271 g/mol. The maximum atomic E-state index is 11.2. The molecule has 0 aliphatic rings. The van der Waals surface area contributed by atoms with Gasteiger partial charge in [0.1, 0.15) is 17.5 Å². The minimum atomic E-state index is -0.836. The van der Waals surface area contributed by atoms with Crippen molar-refractivity contribution in [3.8, 4) is 0 Å². The van der Waals surface area contributed by atoms with E-state index in [-0.39, 0.29) is 6.04 Å². The number of anilines is 2. The molecular weight excluding hydrogens is 250 g/mol. The lowest BCUT2D eigenvalue weighted by molar-refractivity contribution is 0.682. The number of nitrogens with two attached hydrogens (primary N) is 1. The number of nitrogens with zero attached hydrogens (tertiary/aromatic N) is 2. The first-order chi connectivity index (χ1) is 8.47. The Morgan fingerprint density at radius 3 is 2.50 bits per heavy atom. The lowest BCUT2D eigenvalue weighted by Crippen LogP contribution is -2.24. The molecular formula is C11H21N5OS. The first-order valence-corrected chi connectivity index (χ1v) is 7.61. The minimum Gasteiger partial charge on any atom is -0.366 e. The van der Waals surface area contributed by atoms with Crippen LogP contribution in [0.1, 0.15) is 25.2 Å². The molecule has 6 nitrogen and oxygen atoms in total. The van der Waals surface area contributed by atoms with Crippen molar-refractivity contribution in [2.45, 2.75) is 33.2 Å². The van der Waals surface area contributed by atoms with Crippen LogP contribution in [0.4, 0.5) is 11.6 Å². The number of aromatic nitrogens is 2. The van der Waals surface area contributed by atoms with E-state index in [0.717, 1.165) is 23.6 Å². The molecule has 0 saturated heterocycles. The van der Waals surface area contributed by atoms with Crippen LogP contribution in [-0.4, -0.2) is 32.2 Å². The Labute approximate surface area is 110 Å². The molecule has 0 aromatic carbocycles. The maximum Gasteiger partial charge on any atom is 0.148 e. The van der Waals surface area contributed by atoms with Crippen LogP contribution in [0.25, 0.3) is 0 Å². The molecule has 2 atom stereocenters. The molecule has 2 unspecified atom stereocenters. The standard InChI is InChI=1S/C11H21N5OS/c1-5-9-14-10(8(3)11(15-9)16-12)13-7(2)6-18(4)17/h7H,5-6,12H2,1-4H3,(H2,13,14,15,16). The number of rotatable bonds is 6. The van der Waals surface area contributed by atoms with Gasteiger partial charge in [0.25, 0.3) is 0 Å². The third-order valence-corrected chi connectivity index (χ3v) is 3.48. The van der Waals surface area contributed by atoms with Gasteiger partial charge in [-0.15, -0.1) is 0 Å². The molecule has 0 aliphatic heterocycles. The molecule has 0 bridgehead atoms. The van der Waals surface area contributed by atoms with Crippen molar-refractivity contribution in [1.82, 2.24) is 9.97 Å². The Balaban J connectivity index is 2.96. The fourth-order valence-electron chi connectivity index (χ4n) is 1.63. The molecule has 4 N–H and O–H groups in total. The molecule has 0 aliphatic carbocycles. The van der Waals surface area contributed by atoms with Gasteiger partial charge in [-0.05, 0) is 13.8 Å². The Morgan fingerprint density at radius 2 is 2.00 bits per heavy atom. The van der Waals surface area contributed by atoms with E-state index in [4.69, 9.17) is 5.84 Å². The van der Waals surface area contributed by atoms with Crippen molar-refractivity contribution in [2.24, 2.45) is 5.84 Å². The lowest BCUT2D eigenvalue weighted by atomic mass is 10.2. The van der Waals surface area contributed by atoms with Gasteiger partial charge in [-0.1, -0.05) is 6.92 Å². The molecule has 1 aromatic rings. The van der Waals surface area contributed by atoms with E-state index in [1.54, 1.807) is 6.26 Å². The average Bonchev–Trinajstić information content (AvgIpc) is 2.30. The van der Waals surface area contributed by atoms with Crippen molar-refractivity contribution in [3.05, 3.63) is 11.4 Å². The third kappa shape index (κ3) is 3.92. The summed E-state index contributed by atoms with van der Waals surface area (Å²) < 4.78 is 11.2. The van der Waals surface area contributed by atoms with E-state index in [1.165, 1.54) is 0 Å². The van der Waals surface area contributed by atoms with Crippen molar-refractivity contribution in [3.63, 3.8) is 0 Å². The predicted octanol–water partition coefficient (Wildman–Crippen LogP) is 0.812. The van der Waals surface area contributed by atoms with Gasteiger partial charge in [-0.25, -0.2) is 15.8 Å². The molecule has 1 aromatic heterocycles. The zero-order chi connectivity index (χ0) is 13.7. The minimum absolute atomic E-state index is 0.0831. The topological polar surface area (TPSA) is 92.9 Å². The van der Waals surface area contributed by atoms with Crippen LogP contribution in [0.2, 0.25) is 0 Å². The summed E-state index contributed by atoms with van der Waals surface area (Å²) in [6, 6.07) is 0.0831. The van der Waals surface area contributed by atoms with Crippen LogP contribution in [-0.2, 0) is 17.2 Å². The van der Waals surface area contributed by atoms with E-state index in [1.807, 2.05) is 20.8 Å². The predicted molar refractivity (Wildman–Crippen MR) is 76.0 cm³/mol. The second kappa shape index (κ2) is 6.65. The van der Waals surface area contributed by atoms with Gasteiger partial charge in [0.2, 0.25) is 0 Å². The molecule has 0 radical (unpaired) electrons. The Morgan fingerprint density at radius 1 is 1.39 bits per heavy atom. The van der Waals surface area contributed by atoms with Gasteiger partial charge in [0.05, 0.1) is 0 Å². The molecule has 1 rings (SSSR count). The molecule has 0 saturated carbocycles. The van der Waals surface area contributed by atoms with E-state index < -0.39 is 10.8 Å². The normalized spacial score (nSPS) is 14.1. The van der Waals surface area contributed by atoms with E-state index in [2.05, 4.69) is 20.7 Å². The van der Waals surface area contributed by atoms with Gasteiger partial charge in [-0.3, -0.25) is 4.21 Å². The number of hydrogen-bond donors (Lipinski definition) is 3. The summed E-state index contributed by atoms with van der Waals surface area (Å²) >= 11 is 0. The highest BCUT2D eigenvalue weighted by atomic mass is 32.2. The molecule has 7 heteroatoms. The first kappa shape index (κ1) is 14.8. The number of nitrogens with one attached hydrogen (secondary N) is 2. The smallest absolute Gasteiger partial charge is 0.148 e. The summed E-state index contributed by atoms with van der Waals surface area (Å²) in [6.45, 7) is 5.86. The van der Waals surface area contributed by atoms with Crippen LogP contribution in [0, 0.1) is 6.92 Å². The Kier molecular flexibility index (Phi) is 5.49. The van der Waals surface area contributed by atoms with Gasteiger partial charge < -0.3 is 10.7 Å². The molecule has 0 amide bonds. The van der Waals surface area contributed by atoms with Crippen LogP contribution in [0.5, 0.6) is 0 Å². The van der Waals surface area contributed by atoms with E-state index >= 15 is 0 Å². The van der Waals surface area contributed by atoms with Crippen molar-refractivity contribution in [1.29, 1.82) is 0 Å². The van der Waals surface area contributed by atoms with Crippen LogP contribution in [0.3, 0.4) is 0 Å². The summed E-state index contributed by atoms with van der Waals surface area (Å²) in [5, 5.41) is 3.25. The Bertz CT molecular complexity index is 438. The largest absolute Gasteiger partial charge is 0.366 e. The van der Waals surface area contributed by atoms with Gasteiger partial charge in [-0.2, -0.15) is 0 Å². The SMILES string of the molecule is CCc1nc(NN)c(C)c(NC(C)CS(C)=O)n1. The summed E-state index contributed by atoms with van der Waals surface area (Å²) in [4.78, 5) is 8.72. The molecule has 0 spiro atoms. The van der Waals surface area contributed by atoms with Crippen LogP contribution < -0.4 is 16.6 Å². The highest BCUT2D eigenvalue weighted by Gasteiger charge is 2.12. The molecule has 0 fully saturated rings. The van der Waals surface area contributed by atoms with Crippen LogP contribution >= 0.6 is 0 Å². The number of aryl methyl sites for hydroxylation is 1. The zero-order valence-electron chi connectivity index (χ0n) is 11.3. The van der Waals surface area contributed by atoms with Gasteiger partial charge in [0, 0.05) is 40.8 Å². The highest BCUT2D eigenvalue weighted by Crippen LogP contribution is 2.20. The monoisotopic (exact) mass is 271 g/mol. The van der Waals surface area contributed by atoms with E-state index in [0.29, 0.717) is 11.6 Å². The fraction of sp³-hybridized carbons (Fsp3) is 0.636. The van der Waals surface area contributed by atoms with Crippen molar-refractivity contribution >= 4 is 22.4 Å².